The van der Waals surface area contributed by atoms with Crippen LogP contribution in [0.4, 0.5) is 0 Å². The number of piperidine rings is 1. The van der Waals surface area contributed by atoms with Gasteiger partial charge in [0.05, 0.1) is 5.69 Å². The molecule has 0 N–H and O–H groups in total. The summed E-state index contributed by atoms with van der Waals surface area (Å²) in [7, 11) is -3.41. The highest BCUT2D eigenvalue weighted by Gasteiger charge is 2.27. The van der Waals surface area contributed by atoms with Crippen molar-refractivity contribution in [3.8, 4) is 5.88 Å². The van der Waals surface area contributed by atoms with E-state index < -0.39 is 10.0 Å². The summed E-state index contributed by atoms with van der Waals surface area (Å²) in [6.45, 7) is 2.74. The van der Waals surface area contributed by atoms with E-state index >= 15 is 0 Å². The molecule has 6 nitrogen and oxygen atoms in total. The van der Waals surface area contributed by atoms with Crippen molar-refractivity contribution in [3.05, 3.63) is 59.1 Å². The molecule has 1 fully saturated rings. The van der Waals surface area contributed by atoms with E-state index in [0.717, 1.165) is 11.3 Å². The second kappa shape index (κ2) is 7.76. The Morgan fingerprint density at radius 1 is 1.08 bits per heavy atom. The average Bonchev–Trinajstić information content (AvgIpc) is 2.63. The van der Waals surface area contributed by atoms with Crippen molar-refractivity contribution in [3.63, 3.8) is 0 Å². The first-order valence-electron chi connectivity index (χ1n) is 8.23. The second-order valence-corrected chi connectivity index (χ2v) is 7.81. The zero-order valence-corrected chi connectivity index (χ0v) is 14.9. The molecule has 2 heterocycles. The van der Waals surface area contributed by atoms with Crippen molar-refractivity contribution in [2.45, 2.75) is 25.9 Å². The van der Waals surface area contributed by atoms with Crippen molar-refractivity contribution < 1.29 is 13.2 Å². The van der Waals surface area contributed by atoms with E-state index in [1.807, 2.05) is 43.3 Å². The Labute approximate surface area is 148 Å². The maximum Gasteiger partial charge on any atom is 0.236 e. The first-order valence-corrected chi connectivity index (χ1v) is 9.73. The van der Waals surface area contributed by atoms with Crippen molar-refractivity contribution in [2.24, 2.45) is 0 Å². The first kappa shape index (κ1) is 17.6. The molecular weight excluding hydrogens is 338 g/mol. The van der Waals surface area contributed by atoms with Gasteiger partial charge in [0.1, 0.15) is 6.10 Å². The van der Waals surface area contributed by atoms with Crippen LogP contribution in [0.1, 0.15) is 24.1 Å². The summed E-state index contributed by atoms with van der Waals surface area (Å²) >= 11 is 0. The Bertz CT molecular complexity index is 812. The third-order valence-electron chi connectivity index (χ3n) is 4.05. The maximum absolute atomic E-state index is 12.4. The van der Waals surface area contributed by atoms with Crippen molar-refractivity contribution in [2.75, 3.05) is 13.1 Å². The van der Waals surface area contributed by atoms with Gasteiger partial charge < -0.3 is 4.74 Å². The minimum atomic E-state index is -3.41. The van der Waals surface area contributed by atoms with Crippen molar-refractivity contribution >= 4 is 16.1 Å². The second-order valence-electron chi connectivity index (χ2n) is 5.99. The summed E-state index contributed by atoms with van der Waals surface area (Å²) in [5.74, 6) is 0.482. The topological polar surface area (TPSA) is 72.4 Å². The molecule has 0 saturated carbocycles. The van der Waals surface area contributed by atoms with Crippen molar-refractivity contribution in [1.82, 2.24) is 14.5 Å². The van der Waals surface area contributed by atoms with Crippen LogP contribution < -0.4 is 4.74 Å². The molecule has 132 valence electrons. The van der Waals surface area contributed by atoms with Gasteiger partial charge in [0.15, 0.2) is 0 Å². The Morgan fingerprint density at radius 3 is 2.44 bits per heavy atom. The maximum atomic E-state index is 12.4. The summed E-state index contributed by atoms with van der Waals surface area (Å²) in [4.78, 5) is 0. The molecule has 1 aliphatic rings. The lowest BCUT2D eigenvalue weighted by Gasteiger charge is -2.30. The third-order valence-corrected chi connectivity index (χ3v) is 5.62. The molecule has 1 saturated heterocycles. The van der Waals surface area contributed by atoms with E-state index in [1.165, 1.54) is 9.71 Å². The van der Waals surface area contributed by atoms with Gasteiger partial charge in [-0.2, -0.15) is 9.40 Å². The normalized spacial score (nSPS) is 17.0. The number of aryl methyl sites for hydroxylation is 1. The van der Waals surface area contributed by atoms with E-state index in [4.69, 9.17) is 4.74 Å². The van der Waals surface area contributed by atoms with Gasteiger partial charge in [-0.3, -0.25) is 0 Å². The van der Waals surface area contributed by atoms with Gasteiger partial charge >= 0.3 is 0 Å². The molecule has 0 bridgehead atoms. The molecule has 0 unspecified atom stereocenters. The summed E-state index contributed by atoms with van der Waals surface area (Å²) in [5, 5.41) is 9.22. The highest BCUT2D eigenvalue weighted by atomic mass is 32.2. The number of ether oxygens (including phenoxy) is 1. The van der Waals surface area contributed by atoms with Gasteiger partial charge in [0.25, 0.3) is 0 Å². The van der Waals surface area contributed by atoms with E-state index in [1.54, 1.807) is 12.1 Å². The van der Waals surface area contributed by atoms with E-state index in [2.05, 4.69) is 10.2 Å². The number of sulfonamides is 1. The molecule has 0 spiro atoms. The quantitative estimate of drug-likeness (QED) is 0.821. The van der Waals surface area contributed by atoms with E-state index in [0.29, 0.717) is 31.8 Å². The van der Waals surface area contributed by atoms with Crippen LogP contribution in [0.2, 0.25) is 0 Å². The number of hydrogen-bond acceptors (Lipinski definition) is 5. The Balaban J connectivity index is 1.56. The lowest BCUT2D eigenvalue weighted by atomic mass is 10.1. The summed E-state index contributed by atoms with van der Waals surface area (Å²) in [5.41, 5.74) is 1.70. The molecule has 1 aromatic heterocycles. The van der Waals surface area contributed by atoms with Gasteiger partial charge in [0.2, 0.25) is 15.9 Å². The Kier molecular flexibility index (Phi) is 5.45. The van der Waals surface area contributed by atoms with Crippen molar-refractivity contribution in [1.29, 1.82) is 0 Å². The highest BCUT2D eigenvalue weighted by molar-refractivity contribution is 7.92. The molecule has 0 atom stereocenters. The van der Waals surface area contributed by atoms with Crippen LogP contribution in [-0.2, 0) is 10.0 Å². The third kappa shape index (κ3) is 4.87. The molecule has 0 amide bonds. The van der Waals surface area contributed by atoms with Gasteiger partial charge in [-0.05, 0) is 37.5 Å². The molecule has 0 radical (unpaired) electrons. The predicted molar refractivity (Wildman–Crippen MR) is 96.4 cm³/mol. The monoisotopic (exact) mass is 359 g/mol. The molecule has 1 aromatic carbocycles. The fourth-order valence-electron chi connectivity index (χ4n) is 2.64. The van der Waals surface area contributed by atoms with Crippen LogP contribution in [0, 0.1) is 6.92 Å². The van der Waals surface area contributed by atoms with Crippen LogP contribution in [-0.4, -0.2) is 42.1 Å². The minimum absolute atomic E-state index is 0.0402. The average molecular weight is 359 g/mol. The lowest BCUT2D eigenvalue weighted by Crippen LogP contribution is -2.41. The number of hydrogen-bond donors (Lipinski definition) is 0. The van der Waals surface area contributed by atoms with E-state index in [-0.39, 0.29) is 6.10 Å². The van der Waals surface area contributed by atoms with E-state index in [9.17, 15) is 8.42 Å². The molecule has 25 heavy (non-hydrogen) atoms. The van der Waals surface area contributed by atoms with Crippen LogP contribution in [0.25, 0.3) is 6.08 Å². The highest BCUT2D eigenvalue weighted by Crippen LogP contribution is 2.20. The summed E-state index contributed by atoms with van der Waals surface area (Å²) < 4.78 is 32.2. The molecule has 0 aliphatic carbocycles. The zero-order chi connectivity index (χ0) is 17.7. The fourth-order valence-corrected chi connectivity index (χ4v) is 3.86. The molecule has 2 aromatic rings. The summed E-state index contributed by atoms with van der Waals surface area (Å²) in [6.07, 6.45) is 2.85. The number of nitrogens with zero attached hydrogens (tertiary/aromatic N) is 3. The summed E-state index contributed by atoms with van der Waals surface area (Å²) in [6, 6.07) is 13.0. The SMILES string of the molecule is Cc1ccc(OC2CCN(S(=O)(=O)/C=C/c3ccccc3)CC2)nn1. The fraction of sp³-hybridized carbons (Fsp3) is 0.333. The Hall–Kier alpha value is -2.25. The molecule has 1 aliphatic heterocycles. The lowest BCUT2D eigenvalue weighted by molar-refractivity contribution is 0.129. The van der Waals surface area contributed by atoms with Crippen LogP contribution in [0.3, 0.4) is 0 Å². The number of benzene rings is 1. The van der Waals surface area contributed by atoms with Gasteiger partial charge in [-0.1, -0.05) is 30.3 Å². The van der Waals surface area contributed by atoms with Gasteiger partial charge in [-0.15, -0.1) is 5.10 Å². The first-order chi connectivity index (χ1) is 12.0. The predicted octanol–water partition coefficient (Wildman–Crippen LogP) is 2.63. The molecule has 7 heteroatoms. The zero-order valence-electron chi connectivity index (χ0n) is 14.1. The van der Waals surface area contributed by atoms with Crippen LogP contribution >= 0.6 is 0 Å². The minimum Gasteiger partial charge on any atom is -0.473 e. The Morgan fingerprint density at radius 2 is 1.80 bits per heavy atom. The number of rotatable bonds is 5. The van der Waals surface area contributed by atoms with Crippen LogP contribution in [0.5, 0.6) is 5.88 Å². The van der Waals surface area contributed by atoms with Gasteiger partial charge in [-0.25, -0.2) is 8.42 Å². The smallest absolute Gasteiger partial charge is 0.236 e. The van der Waals surface area contributed by atoms with Crippen LogP contribution in [0.15, 0.2) is 47.9 Å². The standard InChI is InChI=1S/C18H21N3O3S/c1-15-7-8-18(20-19-15)24-17-9-12-21(13-10-17)25(22,23)14-11-16-5-3-2-4-6-16/h2-8,11,14,17H,9-10,12-13H2,1H3/b14-11+. The van der Waals surface area contributed by atoms with Gasteiger partial charge in [0, 0.05) is 24.6 Å². The largest absolute Gasteiger partial charge is 0.473 e. The molecular formula is C18H21N3O3S. The molecule has 3 rings (SSSR count). The number of aromatic nitrogens is 2.